The third-order valence-electron chi connectivity index (χ3n) is 3.04. The maximum atomic E-state index is 11.9. The maximum Gasteiger partial charge on any atom is 0.165 e. The van der Waals surface area contributed by atoms with E-state index in [0.29, 0.717) is 6.42 Å². The first kappa shape index (κ1) is 8.65. The molecule has 2 aromatic rings. The van der Waals surface area contributed by atoms with E-state index in [1.54, 1.807) is 0 Å². The first-order chi connectivity index (χ1) is 7.27. The summed E-state index contributed by atoms with van der Waals surface area (Å²) in [4.78, 5) is 16.3. The van der Waals surface area contributed by atoms with Crippen molar-refractivity contribution in [3.63, 3.8) is 0 Å². The number of ketones is 1. The van der Waals surface area contributed by atoms with Crippen molar-refractivity contribution in [2.45, 2.75) is 26.3 Å². The zero-order chi connectivity index (χ0) is 10.4. The Bertz CT molecular complexity index is 554. The zero-order valence-electron chi connectivity index (χ0n) is 8.66. The summed E-state index contributed by atoms with van der Waals surface area (Å²) >= 11 is 0. The van der Waals surface area contributed by atoms with E-state index in [9.17, 15) is 4.79 Å². The minimum Gasteiger partial charge on any atom is -0.328 e. The van der Waals surface area contributed by atoms with E-state index >= 15 is 0 Å². The minimum atomic E-state index is 0.249. The molecule has 0 bridgehead atoms. The molecule has 1 aliphatic heterocycles. The van der Waals surface area contributed by atoms with Crippen LogP contribution in [0.5, 0.6) is 0 Å². The summed E-state index contributed by atoms with van der Waals surface area (Å²) in [6, 6.07) is 5.80. The van der Waals surface area contributed by atoms with Crippen molar-refractivity contribution in [1.82, 2.24) is 9.55 Å². The number of para-hydroxylation sites is 1. The summed E-state index contributed by atoms with van der Waals surface area (Å²) < 4.78 is 2.16. The van der Waals surface area contributed by atoms with Crippen LogP contribution < -0.4 is 0 Å². The Labute approximate surface area is 87.7 Å². The van der Waals surface area contributed by atoms with Gasteiger partial charge < -0.3 is 4.57 Å². The van der Waals surface area contributed by atoms with E-state index in [1.807, 2.05) is 25.1 Å². The highest BCUT2D eigenvalue weighted by atomic mass is 16.1. The summed E-state index contributed by atoms with van der Waals surface area (Å²) in [6.45, 7) is 2.91. The largest absolute Gasteiger partial charge is 0.328 e. The molecule has 2 heterocycles. The molecule has 0 atom stereocenters. The molecule has 0 N–H and O–H groups in total. The van der Waals surface area contributed by atoms with Gasteiger partial charge in [0, 0.05) is 18.5 Å². The summed E-state index contributed by atoms with van der Waals surface area (Å²) in [5.74, 6) is 1.26. The third-order valence-corrected chi connectivity index (χ3v) is 3.04. The Balaban J connectivity index is 2.47. The molecule has 76 valence electrons. The molecular weight excluding hydrogens is 188 g/mol. The number of rotatable bonds is 0. The average Bonchev–Trinajstić information content (AvgIpc) is 2.43. The molecule has 3 rings (SSSR count). The van der Waals surface area contributed by atoms with E-state index in [4.69, 9.17) is 0 Å². The molecule has 0 aliphatic carbocycles. The van der Waals surface area contributed by atoms with Gasteiger partial charge >= 0.3 is 0 Å². The summed E-state index contributed by atoms with van der Waals surface area (Å²) in [7, 11) is 0. The van der Waals surface area contributed by atoms with Gasteiger partial charge in [-0.3, -0.25) is 4.79 Å². The highest BCUT2D eigenvalue weighted by molar-refractivity contribution is 6.06. The fourth-order valence-corrected chi connectivity index (χ4v) is 2.33. The van der Waals surface area contributed by atoms with Gasteiger partial charge in [-0.2, -0.15) is 0 Å². The average molecular weight is 200 g/mol. The molecule has 0 unspecified atom stereocenters. The van der Waals surface area contributed by atoms with Gasteiger partial charge in [-0.05, 0) is 25.5 Å². The Hall–Kier alpha value is -1.64. The normalized spacial score (nSPS) is 15.7. The molecule has 0 saturated heterocycles. The summed E-state index contributed by atoms with van der Waals surface area (Å²) in [5, 5.41) is 0. The molecule has 1 aromatic heterocycles. The molecule has 0 spiro atoms. The Morgan fingerprint density at radius 2 is 2.27 bits per heavy atom. The van der Waals surface area contributed by atoms with Crippen LogP contribution in [0.4, 0.5) is 0 Å². The van der Waals surface area contributed by atoms with Crippen molar-refractivity contribution < 1.29 is 4.79 Å². The molecule has 0 radical (unpaired) electrons. The van der Waals surface area contributed by atoms with E-state index in [0.717, 1.165) is 35.4 Å². The van der Waals surface area contributed by atoms with Gasteiger partial charge in [0.15, 0.2) is 5.78 Å². The number of benzene rings is 1. The topological polar surface area (TPSA) is 34.9 Å². The predicted molar refractivity (Wildman–Crippen MR) is 58.0 cm³/mol. The molecular formula is C12H12N2O. The second-order valence-electron chi connectivity index (χ2n) is 4.01. The lowest BCUT2D eigenvalue weighted by atomic mass is 10.1. The number of carbonyl (C=O) groups is 1. The molecule has 3 nitrogen and oxygen atoms in total. The van der Waals surface area contributed by atoms with Gasteiger partial charge in [0.25, 0.3) is 0 Å². The first-order valence-electron chi connectivity index (χ1n) is 5.26. The minimum absolute atomic E-state index is 0.249. The van der Waals surface area contributed by atoms with E-state index < -0.39 is 0 Å². The Morgan fingerprint density at radius 3 is 3.13 bits per heavy atom. The summed E-state index contributed by atoms with van der Waals surface area (Å²) in [6.07, 6.45) is 1.57. The lowest BCUT2D eigenvalue weighted by Gasteiger charge is -2.02. The fraction of sp³-hybridized carbons (Fsp3) is 0.333. The fourth-order valence-electron chi connectivity index (χ4n) is 2.33. The number of carbonyl (C=O) groups excluding carboxylic acids is 1. The number of aromatic nitrogens is 2. The van der Waals surface area contributed by atoms with Gasteiger partial charge in [-0.25, -0.2) is 4.98 Å². The van der Waals surface area contributed by atoms with Crippen LogP contribution in [-0.4, -0.2) is 15.3 Å². The van der Waals surface area contributed by atoms with Crippen LogP contribution in [0, 0.1) is 6.92 Å². The van der Waals surface area contributed by atoms with Crippen LogP contribution in [0.15, 0.2) is 18.2 Å². The van der Waals surface area contributed by atoms with Gasteiger partial charge in [-0.1, -0.05) is 6.07 Å². The summed E-state index contributed by atoms with van der Waals surface area (Å²) in [5.41, 5.74) is 2.81. The highest BCUT2D eigenvalue weighted by Gasteiger charge is 2.19. The maximum absolute atomic E-state index is 11.9. The van der Waals surface area contributed by atoms with Crippen LogP contribution in [-0.2, 0) is 6.54 Å². The van der Waals surface area contributed by atoms with Crippen molar-refractivity contribution in [2.75, 3.05) is 0 Å². The standard InChI is InChI=1S/C12H12N2O/c1-8-13-10-5-2-4-9-11(15)6-3-7-14(8)12(9)10/h2,4-5H,3,6-7H2,1H3. The molecule has 3 heteroatoms. The number of hydrogen-bond acceptors (Lipinski definition) is 2. The molecule has 1 aromatic carbocycles. The quantitative estimate of drug-likeness (QED) is 0.654. The molecule has 0 fully saturated rings. The SMILES string of the molecule is Cc1nc2cccc3c2n1CCCC3=O. The first-order valence-corrected chi connectivity index (χ1v) is 5.26. The van der Waals surface area contributed by atoms with Crippen LogP contribution in [0.3, 0.4) is 0 Å². The number of Topliss-reactive ketones (excluding diaryl/α,β-unsaturated/α-hetero) is 1. The number of aryl methyl sites for hydroxylation is 2. The Kier molecular flexibility index (Phi) is 1.69. The van der Waals surface area contributed by atoms with E-state index in [1.165, 1.54) is 0 Å². The predicted octanol–water partition coefficient (Wildman–Crippen LogP) is 2.32. The molecule has 0 amide bonds. The van der Waals surface area contributed by atoms with E-state index in [2.05, 4.69) is 9.55 Å². The van der Waals surface area contributed by atoms with Gasteiger partial charge in [0.05, 0.1) is 11.0 Å². The second-order valence-corrected chi connectivity index (χ2v) is 4.01. The van der Waals surface area contributed by atoms with Crippen molar-refractivity contribution in [1.29, 1.82) is 0 Å². The number of nitrogens with zero attached hydrogens (tertiary/aromatic N) is 2. The van der Waals surface area contributed by atoms with Crippen molar-refractivity contribution >= 4 is 16.8 Å². The lowest BCUT2D eigenvalue weighted by molar-refractivity contribution is 0.0982. The lowest BCUT2D eigenvalue weighted by Crippen LogP contribution is -1.98. The molecule has 15 heavy (non-hydrogen) atoms. The van der Waals surface area contributed by atoms with Crippen molar-refractivity contribution in [3.05, 3.63) is 29.6 Å². The van der Waals surface area contributed by atoms with Crippen LogP contribution in [0.1, 0.15) is 29.0 Å². The third kappa shape index (κ3) is 1.12. The number of imidazole rings is 1. The zero-order valence-corrected chi connectivity index (χ0v) is 8.66. The van der Waals surface area contributed by atoms with Crippen LogP contribution in [0.2, 0.25) is 0 Å². The van der Waals surface area contributed by atoms with Gasteiger partial charge in [0.1, 0.15) is 5.82 Å². The monoisotopic (exact) mass is 200 g/mol. The van der Waals surface area contributed by atoms with Crippen LogP contribution >= 0.6 is 0 Å². The highest BCUT2D eigenvalue weighted by Crippen LogP contribution is 2.25. The van der Waals surface area contributed by atoms with Crippen molar-refractivity contribution in [3.8, 4) is 0 Å². The second kappa shape index (κ2) is 2.92. The molecule has 1 aliphatic rings. The van der Waals surface area contributed by atoms with Crippen LogP contribution in [0.25, 0.3) is 11.0 Å². The van der Waals surface area contributed by atoms with Crippen molar-refractivity contribution in [2.24, 2.45) is 0 Å². The Morgan fingerprint density at radius 1 is 1.40 bits per heavy atom. The molecule has 0 saturated carbocycles. The number of hydrogen-bond donors (Lipinski definition) is 0. The van der Waals surface area contributed by atoms with E-state index in [-0.39, 0.29) is 5.78 Å². The van der Waals surface area contributed by atoms with Gasteiger partial charge in [0.2, 0.25) is 0 Å². The van der Waals surface area contributed by atoms with Gasteiger partial charge in [-0.15, -0.1) is 0 Å². The smallest absolute Gasteiger partial charge is 0.165 e.